The van der Waals surface area contributed by atoms with E-state index < -0.39 is 26.0 Å². The number of rotatable bonds is 7. The van der Waals surface area contributed by atoms with Gasteiger partial charge in [-0.2, -0.15) is 8.42 Å². The molecule has 3 heterocycles. The van der Waals surface area contributed by atoms with Crippen molar-refractivity contribution in [3.63, 3.8) is 0 Å². The summed E-state index contributed by atoms with van der Waals surface area (Å²) in [6.45, 7) is 4.51. The molecule has 5 atom stereocenters. The Kier molecular flexibility index (Phi) is 6.13. The topological polar surface area (TPSA) is 142 Å². The van der Waals surface area contributed by atoms with Crippen LogP contribution in [0.3, 0.4) is 0 Å². The third-order valence-corrected chi connectivity index (χ3v) is 10.8. The number of ketones is 1. The van der Waals surface area contributed by atoms with E-state index in [4.69, 9.17) is 0 Å². The van der Waals surface area contributed by atoms with Gasteiger partial charge in [-0.1, -0.05) is 13.8 Å². The number of hydrogen-bond donors (Lipinski definition) is 2. The van der Waals surface area contributed by atoms with Crippen LogP contribution in [0, 0.1) is 29.6 Å². The average molecular weight is 543 g/mol. The lowest BCUT2D eigenvalue weighted by Crippen LogP contribution is -2.62. The highest BCUT2D eigenvalue weighted by Gasteiger charge is 2.60. The van der Waals surface area contributed by atoms with Gasteiger partial charge < -0.3 is 10.2 Å². The Bertz CT molecular complexity index is 1320. The monoisotopic (exact) mass is 542 g/mol. The first-order valence-electron chi connectivity index (χ1n) is 11.9. The predicted octanol–water partition coefficient (Wildman–Crippen LogP) is 1.80. The second-order valence-corrected chi connectivity index (χ2v) is 14.7. The van der Waals surface area contributed by atoms with Crippen molar-refractivity contribution >= 4 is 53.9 Å². The van der Waals surface area contributed by atoms with Crippen LogP contribution < -0.4 is 10.0 Å². The average Bonchev–Trinajstić information content (AvgIpc) is 3.46. The van der Waals surface area contributed by atoms with E-state index in [0.29, 0.717) is 18.4 Å². The lowest BCUT2D eigenvalue weighted by Gasteiger charge is -2.46. The van der Waals surface area contributed by atoms with Gasteiger partial charge in [-0.3, -0.25) is 9.59 Å². The second kappa shape index (κ2) is 8.63. The lowest BCUT2D eigenvalue weighted by molar-refractivity contribution is -0.152. The fraction of sp³-hybridized carbons (Fsp3) is 0.682. The van der Waals surface area contributed by atoms with Crippen molar-refractivity contribution in [3.8, 4) is 0 Å². The number of likely N-dealkylation sites (tertiary alicyclic amines) is 1. The highest BCUT2D eigenvalue weighted by Crippen LogP contribution is 2.54. The first-order valence-corrected chi connectivity index (χ1v) is 16.1. The van der Waals surface area contributed by atoms with Crippen molar-refractivity contribution in [2.24, 2.45) is 34.0 Å². The minimum atomic E-state index is -4.24. The maximum Gasteiger partial charge on any atom is 0.287 e. The number of carbonyl (C=O) groups is 2. The van der Waals surface area contributed by atoms with Gasteiger partial charge in [0.1, 0.15) is 15.7 Å². The van der Waals surface area contributed by atoms with Crippen LogP contribution in [0.5, 0.6) is 0 Å². The van der Waals surface area contributed by atoms with Crippen LogP contribution in [-0.4, -0.2) is 58.1 Å². The van der Waals surface area contributed by atoms with Gasteiger partial charge in [0.15, 0.2) is 11.7 Å². The molecule has 10 nitrogen and oxygen atoms in total. The number of nitrogens with one attached hydrogen (secondary N) is 2. The molecule has 5 unspecified atom stereocenters. The van der Waals surface area contributed by atoms with Crippen molar-refractivity contribution in [1.29, 1.82) is 0 Å². The molecule has 2 bridgehead atoms. The molecule has 0 radical (unpaired) electrons. The maximum absolute atomic E-state index is 13.7. The van der Waals surface area contributed by atoms with Crippen molar-refractivity contribution in [3.05, 3.63) is 10.9 Å². The highest BCUT2D eigenvalue weighted by atomic mass is 32.2. The van der Waals surface area contributed by atoms with Crippen LogP contribution in [-0.2, 0) is 36.2 Å². The van der Waals surface area contributed by atoms with E-state index in [1.165, 1.54) is 5.38 Å². The summed E-state index contributed by atoms with van der Waals surface area (Å²) in [6, 6.07) is -0.101. The summed E-state index contributed by atoms with van der Waals surface area (Å²) in [7, 11) is -7.77. The summed E-state index contributed by atoms with van der Waals surface area (Å²) in [5, 5.41) is 4.73. The summed E-state index contributed by atoms with van der Waals surface area (Å²) in [4.78, 5) is 29.1. The summed E-state index contributed by atoms with van der Waals surface area (Å²) >= 11 is 1.08. The van der Waals surface area contributed by atoms with Crippen molar-refractivity contribution in [1.82, 2.24) is 9.62 Å². The predicted molar refractivity (Wildman–Crippen MR) is 132 cm³/mol. The summed E-state index contributed by atoms with van der Waals surface area (Å²) in [5.41, 5.74) is 0.263. The minimum Gasteiger partial charge on any atom is -0.338 e. The third kappa shape index (κ3) is 4.34. The molecule has 1 saturated heterocycles. The van der Waals surface area contributed by atoms with Gasteiger partial charge >= 0.3 is 0 Å². The van der Waals surface area contributed by atoms with Gasteiger partial charge in [0, 0.05) is 30.6 Å². The SMILES string of the molecule is CC(C)CCN1C(=O)C(C2=NS(=O)(=O)c3c(CNS(C)(=O)=O)csc3N2)C(=O)C2C3CCC(C3)C21. The van der Waals surface area contributed by atoms with E-state index in [9.17, 15) is 26.4 Å². The molecule has 1 aromatic heterocycles. The number of nitrogens with zero attached hydrogens (tertiary/aromatic N) is 2. The number of sulfonamides is 2. The molecule has 4 aliphatic rings. The van der Waals surface area contributed by atoms with Gasteiger partial charge in [0.05, 0.1) is 6.26 Å². The van der Waals surface area contributed by atoms with Gasteiger partial charge in [0.2, 0.25) is 15.9 Å². The van der Waals surface area contributed by atoms with E-state index in [0.717, 1.165) is 43.3 Å². The van der Waals surface area contributed by atoms with Crippen LogP contribution in [0.15, 0.2) is 14.7 Å². The van der Waals surface area contributed by atoms with Crippen LogP contribution in [0.1, 0.15) is 45.1 Å². The molecule has 2 aliphatic carbocycles. The fourth-order valence-corrected chi connectivity index (χ4v) is 9.23. The number of amides is 1. The first kappa shape index (κ1) is 24.8. The number of carbonyl (C=O) groups excluding carboxylic acids is 2. The summed E-state index contributed by atoms with van der Waals surface area (Å²) in [6.07, 6.45) is 4.70. The Morgan fingerprint density at radius 3 is 2.66 bits per heavy atom. The third-order valence-electron chi connectivity index (χ3n) is 7.66. The van der Waals surface area contributed by atoms with Gasteiger partial charge in [-0.05, 0) is 48.8 Å². The molecular formula is C22H30N4O6S3. The molecule has 2 saturated carbocycles. The summed E-state index contributed by atoms with van der Waals surface area (Å²) in [5.74, 6) is -1.37. The minimum absolute atomic E-state index is 0.101. The standard InChI is InChI=1S/C22H30N4O6S3/c1-11(2)6-7-26-17-13-5-4-12(8-13)15(17)18(27)16(22(26)28)20-24-21-19(35(31,32)25-20)14(10-33-21)9-23-34(3,29)30/h10-13,15-17,23H,4-9H2,1-3H3,(H,24,25). The van der Waals surface area contributed by atoms with Crippen LogP contribution in [0.4, 0.5) is 5.00 Å². The van der Waals surface area contributed by atoms with E-state index in [-0.39, 0.29) is 57.4 Å². The summed E-state index contributed by atoms with van der Waals surface area (Å²) < 4.78 is 55.5. The molecule has 2 aliphatic heterocycles. The molecule has 13 heteroatoms. The molecule has 0 spiro atoms. The number of thiophene rings is 1. The molecule has 35 heavy (non-hydrogen) atoms. The number of piperidine rings is 1. The zero-order valence-corrected chi connectivity index (χ0v) is 22.3. The van der Waals surface area contributed by atoms with Crippen molar-refractivity contribution in [2.45, 2.75) is 57.0 Å². The second-order valence-electron chi connectivity index (χ2n) is 10.5. The van der Waals surface area contributed by atoms with E-state index in [1.807, 2.05) is 4.90 Å². The highest BCUT2D eigenvalue weighted by molar-refractivity contribution is 7.91. The number of Topliss-reactive ketones (excluding diaryl/α,β-unsaturated/α-hetero) is 1. The number of fused-ring (bicyclic) bond motifs is 6. The maximum atomic E-state index is 13.7. The Balaban J connectivity index is 1.48. The van der Waals surface area contributed by atoms with Crippen LogP contribution in [0.25, 0.3) is 0 Å². The quantitative estimate of drug-likeness (QED) is 0.500. The zero-order valence-electron chi connectivity index (χ0n) is 19.9. The largest absolute Gasteiger partial charge is 0.338 e. The number of hydrogen-bond acceptors (Lipinski definition) is 8. The number of amidine groups is 1. The molecule has 2 N–H and O–H groups in total. The molecule has 3 fully saturated rings. The smallest absolute Gasteiger partial charge is 0.287 e. The van der Waals surface area contributed by atoms with E-state index in [1.54, 1.807) is 0 Å². The molecule has 0 aromatic carbocycles. The van der Waals surface area contributed by atoms with Crippen LogP contribution >= 0.6 is 11.3 Å². The molecule has 1 aromatic rings. The number of anilines is 1. The van der Waals surface area contributed by atoms with E-state index in [2.05, 4.69) is 28.3 Å². The lowest BCUT2D eigenvalue weighted by atomic mass is 9.73. The van der Waals surface area contributed by atoms with Crippen molar-refractivity contribution in [2.75, 3.05) is 18.1 Å². The Morgan fingerprint density at radius 1 is 1.26 bits per heavy atom. The zero-order chi connectivity index (χ0) is 25.3. The van der Waals surface area contributed by atoms with Gasteiger partial charge in [-0.15, -0.1) is 15.7 Å². The Labute approximate surface area is 209 Å². The normalized spacial score (nSPS) is 31.4. The Morgan fingerprint density at radius 2 is 1.97 bits per heavy atom. The van der Waals surface area contributed by atoms with Gasteiger partial charge in [-0.25, -0.2) is 13.1 Å². The molecule has 1 amide bonds. The van der Waals surface area contributed by atoms with Crippen LogP contribution in [0.2, 0.25) is 0 Å². The van der Waals surface area contributed by atoms with Crippen molar-refractivity contribution < 1.29 is 26.4 Å². The van der Waals surface area contributed by atoms with Gasteiger partial charge in [0.25, 0.3) is 10.0 Å². The first-order chi connectivity index (χ1) is 16.4. The molecular weight excluding hydrogens is 512 g/mol. The molecule has 5 rings (SSSR count). The Hall–Kier alpha value is -1.83. The fourth-order valence-electron chi connectivity index (χ4n) is 6.17. The van der Waals surface area contributed by atoms with E-state index >= 15 is 0 Å². The molecule has 192 valence electrons.